The minimum Gasteiger partial charge on any atom is -0.322 e. The monoisotopic (exact) mass is 304 g/mol. The van der Waals surface area contributed by atoms with Crippen LogP contribution in [0.5, 0.6) is 0 Å². The Balaban J connectivity index is 2.12. The molecule has 1 fully saturated rings. The second-order valence-corrected chi connectivity index (χ2v) is 4.74. The number of hydrogen-bond acceptors (Lipinski definition) is 2. The van der Waals surface area contributed by atoms with Crippen LogP contribution in [0.2, 0.25) is 0 Å². The van der Waals surface area contributed by atoms with Crippen molar-refractivity contribution in [1.29, 1.82) is 0 Å². The molecule has 1 aliphatic heterocycles. The van der Waals surface area contributed by atoms with Gasteiger partial charge in [0.1, 0.15) is 11.6 Å². The summed E-state index contributed by atoms with van der Waals surface area (Å²) in [7, 11) is 0. The maximum Gasteiger partial charge on any atom is 0.241 e. The van der Waals surface area contributed by atoms with E-state index < -0.39 is 11.6 Å². The Kier molecular flexibility index (Phi) is 3.73. The Labute approximate surface area is 106 Å². The van der Waals surface area contributed by atoms with E-state index >= 15 is 0 Å². The Morgan fingerprint density at radius 2 is 2.18 bits per heavy atom. The number of carbonyl (C=O) groups excluding carboxylic acids is 1. The molecule has 1 amide bonds. The van der Waals surface area contributed by atoms with Crippen molar-refractivity contribution in [3.05, 3.63) is 28.2 Å². The maximum atomic E-state index is 13.4. The average molecular weight is 305 g/mol. The summed E-state index contributed by atoms with van der Waals surface area (Å²) in [5.41, 5.74) is -0.0167. The van der Waals surface area contributed by atoms with Crippen LogP contribution in [0, 0.1) is 11.6 Å². The normalized spacial score (nSPS) is 19.4. The van der Waals surface area contributed by atoms with Gasteiger partial charge in [-0.2, -0.15) is 0 Å². The van der Waals surface area contributed by atoms with Gasteiger partial charge in [0.05, 0.1) is 16.2 Å². The second kappa shape index (κ2) is 5.10. The SMILES string of the molecule is O=C(Nc1cc(Br)c(F)cc1F)C1CCCN1. The van der Waals surface area contributed by atoms with Crippen molar-refractivity contribution in [2.45, 2.75) is 18.9 Å². The molecule has 0 aromatic heterocycles. The molecule has 6 heteroatoms. The third kappa shape index (κ3) is 2.81. The van der Waals surface area contributed by atoms with E-state index in [4.69, 9.17) is 0 Å². The van der Waals surface area contributed by atoms with E-state index in [9.17, 15) is 13.6 Å². The van der Waals surface area contributed by atoms with E-state index in [1.54, 1.807) is 0 Å². The molecule has 1 heterocycles. The largest absolute Gasteiger partial charge is 0.322 e. The summed E-state index contributed by atoms with van der Waals surface area (Å²) in [4.78, 5) is 11.7. The summed E-state index contributed by atoms with van der Waals surface area (Å²) in [6.45, 7) is 0.785. The van der Waals surface area contributed by atoms with E-state index in [1.165, 1.54) is 6.07 Å². The lowest BCUT2D eigenvalue weighted by Crippen LogP contribution is -2.35. The number of hydrogen-bond donors (Lipinski definition) is 2. The molecule has 2 rings (SSSR count). The number of benzene rings is 1. The van der Waals surface area contributed by atoms with Crippen molar-refractivity contribution in [3.8, 4) is 0 Å². The van der Waals surface area contributed by atoms with Crippen LogP contribution >= 0.6 is 15.9 Å². The summed E-state index contributed by atoms with van der Waals surface area (Å²) >= 11 is 2.95. The van der Waals surface area contributed by atoms with E-state index in [2.05, 4.69) is 26.6 Å². The standard InChI is InChI=1S/C11H11BrF2N2O/c12-6-4-10(8(14)5-7(6)13)16-11(17)9-2-1-3-15-9/h4-5,9,15H,1-3H2,(H,16,17). The Hall–Kier alpha value is -1.01. The molecule has 3 nitrogen and oxygen atoms in total. The van der Waals surface area contributed by atoms with Crippen molar-refractivity contribution in [1.82, 2.24) is 5.32 Å². The van der Waals surface area contributed by atoms with Crippen LogP contribution in [0.3, 0.4) is 0 Å². The summed E-state index contributed by atoms with van der Waals surface area (Å²) in [6, 6.07) is 1.66. The summed E-state index contributed by atoms with van der Waals surface area (Å²) < 4.78 is 26.5. The number of halogens is 3. The topological polar surface area (TPSA) is 41.1 Å². The lowest BCUT2D eigenvalue weighted by Gasteiger charge is -2.12. The van der Waals surface area contributed by atoms with Gasteiger partial charge in [0, 0.05) is 6.07 Å². The highest BCUT2D eigenvalue weighted by molar-refractivity contribution is 9.10. The molecule has 92 valence electrons. The quantitative estimate of drug-likeness (QED) is 0.824. The summed E-state index contributed by atoms with van der Waals surface area (Å²) in [5.74, 6) is -1.77. The number of anilines is 1. The molecule has 1 unspecified atom stereocenters. The lowest BCUT2D eigenvalue weighted by molar-refractivity contribution is -0.117. The van der Waals surface area contributed by atoms with E-state index in [0.29, 0.717) is 0 Å². The Morgan fingerprint density at radius 1 is 1.41 bits per heavy atom. The summed E-state index contributed by atoms with van der Waals surface area (Å²) in [6.07, 6.45) is 1.66. The molecule has 0 aliphatic carbocycles. The number of amides is 1. The van der Waals surface area contributed by atoms with Gasteiger partial charge in [0.15, 0.2) is 0 Å². The average Bonchev–Trinajstić information content (AvgIpc) is 2.79. The van der Waals surface area contributed by atoms with Gasteiger partial charge in [0.25, 0.3) is 0 Å². The summed E-state index contributed by atoms with van der Waals surface area (Å²) in [5, 5.41) is 5.45. The molecule has 1 saturated heterocycles. The van der Waals surface area contributed by atoms with Crippen molar-refractivity contribution in [3.63, 3.8) is 0 Å². The zero-order chi connectivity index (χ0) is 12.4. The van der Waals surface area contributed by atoms with Crippen LogP contribution in [0.15, 0.2) is 16.6 Å². The predicted octanol–water partition coefficient (Wildman–Crippen LogP) is 2.42. The van der Waals surface area contributed by atoms with Gasteiger partial charge in [-0.3, -0.25) is 4.79 Å². The van der Waals surface area contributed by atoms with Crippen molar-refractivity contribution in [2.75, 3.05) is 11.9 Å². The minimum absolute atomic E-state index is 0.0167. The first-order valence-electron chi connectivity index (χ1n) is 5.26. The molecule has 2 N–H and O–H groups in total. The van der Waals surface area contributed by atoms with Crippen LogP contribution in [-0.2, 0) is 4.79 Å². The van der Waals surface area contributed by atoms with Crippen LogP contribution in [0.1, 0.15) is 12.8 Å². The smallest absolute Gasteiger partial charge is 0.241 e. The number of rotatable bonds is 2. The zero-order valence-electron chi connectivity index (χ0n) is 8.90. The molecule has 1 atom stereocenters. The fraction of sp³-hybridized carbons (Fsp3) is 0.364. The fourth-order valence-corrected chi connectivity index (χ4v) is 2.09. The first kappa shape index (κ1) is 12.4. The highest BCUT2D eigenvalue weighted by Gasteiger charge is 2.23. The molecule has 0 radical (unpaired) electrons. The van der Waals surface area contributed by atoms with Gasteiger partial charge >= 0.3 is 0 Å². The first-order valence-corrected chi connectivity index (χ1v) is 6.06. The lowest BCUT2D eigenvalue weighted by atomic mass is 10.2. The molecular weight excluding hydrogens is 294 g/mol. The van der Waals surface area contributed by atoms with Gasteiger partial charge in [-0.05, 0) is 41.4 Å². The van der Waals surface area contributed by atoms with Crippen molar-refractivity contribution in [2.24, 2.45) is 0 Å². The molecule has 0 saturated carbocycles. The molecular formula is C11H11BrF2N2O. The zero-order valence-corrected chi connectivity index (χ0v) is 10.5. The highest BCUT2D eigenvalue weighted by atomic mass is 79.9. The van der Waals surface area contributed by atoms with Gasteiger partial charge in [-0.15, -0.1) is 0 Å². The van der Waals surface area contributed by atoms with Gasteiger partial charge in [-0.25, -0.2) is 8.78 Å². The van der Waals surface area contributed by atoms with Crippen molar-refractivity contribution < 1.29 is 13.6 Å². The van der Waals surface area contributed by atoms with Gasteiger partial charge in [-0.1, -0.05) is 0 Å². The maximum absolute atomic E-state index is 13.4. The molecule has 1 aliphatic rings. The fourth-order valence-electron chi connectivity index (χ4n) is 1.75. The van der Waals surface area contributed by atoms with Crippen molar-refractivity contribution >= 4 is 27.5 Å². The Bertz CT molecular complexity index is 447. The number of carbonyl (C=O) groups is 1. The minimum atomic E-state index is -0.781. The van der Waals surface area contributed by atoms with Gasteiger partial charge < -0.3 is 10.6 Å². The van der Waals surface area contributed by atoms with Gasteiger partial charge in [0.2, 0.25) is 5.91 Å². The molecule has 1 aromatic rings. The van der Waals surface area contributed by atoms with Crippen LogP contribution in [0.4, 0.5) is 14.5 Å². The molecule has 0 bridgehead atoms. The third-order valence-corrected chi connectivity index (χ3v) is 3.25. The number of nitrogens with one attached hydrogen (secondary N) is 2. The molecule has 17 heavy (non-hydrogen) atoms. The van der Waals surface area contributed by atoms with E-state index in [1.807, 2.05) is 0 Å². The second-order valence-electron chi connectivity index (χ2n) is 3.88. The van der Waals surface area contributed by atoms with Crippen LogP contribution < -0.4 is 10.6 Å². The molecule has 1 aromatic carbocycles. The Morgan fingerprint density at radius 3 is 2.82 bits per heavy atom. The predicted molar refractivity (Wildman–Crippen MR) is 63.7 cm³/mol. The van der Waals surface area contributed by atoms with E-state index in [-0.39, 0.29) is 22.1 Å². The van der Waals surface area contributed by atoms with E-state index in [0.717, 1.165) is 25.5 Å². The molecule has 0 spiro atoms. The van der Waals surface area contributed by atoms with Crippen LogP contribution in [0.25, 0.3) is 0 Å². The highest BCUT2D eigenvalue weighted by Crippen LogP contribution is 2.24. The third-order valence-electron chi connectivity index (χ3n) is 2.64. The van der Waals surface area contributed by atoms with Crippen LogP contribution in [-0.4, -0.2) is 18.5 Å². The first-order chi connectivity index (χ1) is 8.08.